The maximum absolute atomic E-state index is 13.7. The Bertz CT molecular complexity index is 995. The van der Waals surface area contributed by atoms with Crippen LogP contribution in [0.1, 0.15) is 0 Å². The predicted octanol–water partition coefficient (Wildman–Crippen LogP) is 3.45. The summed E-state index contributed by atoms with van der Waals surface area (Å²) in [5, 5.41) is 7.62. The maximum Gasteiger partial charge on any atom is 0.209 e. The van der Waals surface area contributed by atoms with Gasteiger partial charge in [0.1, 0.15) is 23.7 Å². The molecule has 0 fully saturated rings. The number of aromatic nitrogens is 3. The molecule has 0 bridgehead atoms. The highest BCUT2D eigenvalue weighted by molar-refractivity contribution is 7.99. The van der Waals surface area contributed by atoms with E-state index < -0.39 is 5.82 Å². The molecule has 0 aliphatic carbocycles. The van der Waals surface area contributed by atoms with Crippen LogP contribution in [0.2, 0.25) is 0 Å². The topological polar surface area (TPSA) is 88.7 Å². The standard InChI is InChI=1S/C17H14FN5O2S/c1-24-13-5-10(4-11(18)6-13)14-2-3-15(25-14)16-21-17(23-22-16)26-8-12-7-19-9-20-12/h2-6,9H,7-8H2,1H3,(H,21,22,23). The van der Waals surface area contributed by atoms with E-state index in [0.717, 1.165) is 5.71 Å². The molecule has 3 heterocycles. The van der Waals surface area contributed by atoms with Crippen molar-refractivity contribution in [3.05, 3.63) is 36.1 Å². The molecule has 0 atom stereocenters. The Morgan fingerprint density at radius 2 is 2.15 bits per heavy atom. The summed E-state index contributed by atoms with van der Waals surface area (Å²) in [6.07, 6.45) is 1.56. The SMILES string of the molecule is COc1cc(F)cc(-c2ccc(-c3nc(SCC4=NC=NC4)n[nH]3)o2)c1. The van der Waals surface area contributed by atoms with Gasteiger partial charge in [-0.05, 0) is 24.3 Å². The molecule has 0 radical (unpaired) electrons. The molecule has 132 valence electrons. The predicted molar refractivity (Wildman–Crippen MR) is 97.5 cm³/mol. The van der Waals surface area contributed by atoms with Crippen LogP contribution in [0.5, 0.6) is 5.75 Å². The Hall–Kier alpha value is -2.94. The van der Waals surface area contributed by atoms with Crippen molar-refractivity contribution in [1.82, 2.24) is 15.2 Å². The number of hydrogen-bond donors (Lipinski definition) is 1. The average molecular weight is 371 g/mol. The summed E-state index contributed by atoms with van der Waals surface area (Å²) >= 11 is 1.47. The van der Waals surface area contributed by atoms with Gasteiger partial charge in [0.2, 0.25) is 5.16 Å². The van der Waals surface area contributed by atoms with E-state index in [0.29, 0.717) is 46.1 Å². The molecule has 1 aliphatic heterocycles. The van der Waals surface area contributed by atoms with E-state index in [-0.39, 0.29) is 0 Å². The molecule has 7 nitrogen and oxygen atoms in total. The summed E-state index contributed by atoms with van der Waals surface area (Å²) in [5.74, 6) is 2.25. The van der Waals surface area contributed by atoms with Gasteiger partial charge in [-0.3, -0.25) is 10.1 Å². The van der Waals surface area contributed by atoms with Gasteiger partial charge >= 0.3 is 0 Å². The Morgan fingerprint density at radius 3 is 2.96 bits per heavy atom. The first-order valence-corrected chi connectivity index (χ1v) is 8.74. The normalized spacial score (nSPS) is 13.2. The number of halogens is 1. The molecule has 1 aromatic carbocycles. The van der Waals surface area contributed by atoms with E-state index in [2.05, 4.69) is 25.2 Å². The zero-order valence-corrected chi connectivity index (χ0v) is 14.6. The van der Waals surface area contributed by atoms with Crippen LogP contribution in [0.25, 0.3) is 22.9 Å². The van der Waals surface area contributed by atoms with Crippen molar-refractivity contribution in [3.63, 3.8) is 0 Å². The van der Waals surface area contributed by atoms with Crippen LogP contribution >= 0.6 is 11.8 Å². The number of H-pyrrole nitrogens is 1. The number of nitrogens with one attached hydrogen (secondary N) is 1. The molecule has 0 spiro atoms. The molecule has 9 heteroatoms. The zero-order valence-electron chi connectivity index (χ0n) is 13.8. The number of aliphatic imine (C=N–C) groups is 2. The summed E-state index contributed by atoms with van der Waals surface area (Å²) in [6.45, 7) is 0.628. The lowest BCUT2D eigenvalue weighted by Gasteiger charge is -2.03. The third-order valence-electron chi connectivity index (χ3n) is 3.66. The number of methoxy groups -OCH3 is 1. The fourth-order valence-corrected chi connectivity index (χ4v) is 3.13. The molecule has 0 saturated carbocycles. The molecular weight excluding hydrogens is 357 g/mol. The molecule has 2 aromatic heterocycles. The van der Waals surface area contributed by atoms with E-state index >= 15 is 0 Å². The highest BCUT2D eigenvalue weighted by Gasteiger charge is 2.14. The van der Waals surface area contributed by atoms with Gasteiger partial charge in [-0.1, -0.05) is 11.8 Å². The highest BCUT2D eigenvalue weighted by atomic mass is 32.2. The number of ether oxygens (including phenoxy) is 1. The van der Waals surface area contributed by atoms with Crippen molar-refractivity contribution in [2.45, 2.75) is 5.16 Å². The second kappa shape index (κ2) is 7.12. The second-order valence-electron chi connectivity index (χ2n) is 5.45. The number of hydrogen-bond acceptors (Lipinski definition) is 7. The molecule has 0 saturated heterocycles. The minimum atomic E-state index is -0.394. The molecule has 1 aliphatic rings. The van der Waals surface area contributed by atoms with E-state index in [1.165, 1.54) is 31.0 Å². The first kappa shape index (κ1) is 16.5. The number of benzene rings is 1. The van der Waals surface area contributed by atoms with Crippen molar-refractivity contribution in [2.24, 2.45) is 9.98 Å². The monoisotopic (exact) mass is 371 g/mol. The number of nitrogens with zero attached hydrogens (tertiary/aromatic N) is 4. The first-order chi connectivity index (χ1) is 12.7. The highest BCUT2D eigenvalue weighted by Crippen LogP contribution is 2.30. The molecule has 0 amide bonds. The van der Waals surface area contributed by atoms with Crippen LogP contribution in [0.15, 0.2) is 49.9 Å². The van der Waals surface area contributed by atoms with Gasteiger partial charge in [0.15, 0.2) is 11.6 Å². The van der Waals surface area contributed by atoms with Gasteiger partial charge in [0, 0.05) is 17.4 Å². The molecule has 1 N–H and O–H groups in total. The molecule has 0 unspecified atom stereocenters. The fourth-order valence-electron chi connectivity index (χ4n) is 2.40. The van der Waals surface area contributed by atoms with Crippen LogP contribution in [-0.4, -0.2) is 46.6 Å². The minimum Gasteiger partial charge on any atom is -0.497 e. The van der Waals surface area contributed by atoms with Crippen molar-refractivity contribution < 1.29 is 13.5 Å². The lowest BCUT2D eigenvalue weighted by atomic mass is 10.1. The quantitative estimate of drug-likeness (QED) is 0.671. The van der Waals surface area contributed by atoms with Crippen molar-refractivity contribution in [3.8, 4) is 28.7 Å². The van der Waals surface area contributed by atoms with E-state index in [1.54, 1.807) is 24.5 Å². The summed E-state index contributed by atoms with van der Waals surface area (Å²) in [5.41, 5.74) is 1.57. The fraction of sp³-hybridized carbons (Fsp3) is 0.176. The summed E-state index contributed by atoms with van der Waals surface area (Å²) < 4.78 is 24.6. The third-order valence-corrected chi connectivity index (χ3v) is 4.58. The van der Waals surface area contributed by atoms with Crippen molar-refractivity contribution in [1.29, 1.82) is 0 Å². The average Bonchev–Trinajstić information content (AvgIpc) is 3.40. The second-order valence-corrected chi connectivity index (χ2v) is 6.39. The van der Waals surface area contributed by atoms with Crippen molar-refractivity contribution in [2.75, 3.05) is 19.4 Å². The maximum atomic E-state index is 13.7. The van der Waals surface area contributed by atoms with Gasteiger partial charge < -0.3 is 9.15 Å². The van der Waals surface area contributed by atoms with Gasteiger partial charge in [-0.25, -0.2) is 9.38 Å². The van der Waals surface area contributed by atoms with Gasteiger partial charge in [0.25, 0.3) is 0 Å². The van der Waals surface area contributed by atoms with Crippen LogP contribution in [0.4, 0.5) is 4.39 Å². The summed E-state index contributed by atoms with van der Waals surface area (Å²) in [6, 6.07) is 7.92. The molecule has 26 heavy (non-hydrogen) atoms. The first-order valence-electron chi connectivity index (χ1n) is 7.75. The zero-order chi connectivity index (χ0) is 17.9. The number of thioether (sulfide) groups is 1. The largest absolute Gasteiger partial charge is 0.497 e. The number of aromatic amines is 1. The van der Waals surface area contributed by atoms with E-state index in [1.807, 2.05) is 0 Å². The van der Waals surface area contributed by atoms with Crippen LogP contribution in [0, 0.1) is 5.82 Å². The van der Waals surface area contributed by atoms with Crippen molar-refractivity contribution >= 4 is 23.8 Å². The Balaban J connectivity index is 1.50. The van der Waals surface area contributed by atoms with Crippen LogP contribution in [0.3, 0.4) is 0 Å². The van der Waals surface area contributed by atoms with Gasteiger partial charge in [0.05, 0.1) is 19.4 Å². The van der Waals surface area contributed by atoms with Crippen LogP contribution < -0.4 is 4.74 Å². The lowest BCUT2D eigenvalue weighted by Crippen LogP contribution is -2.02. The van der Waals surface area contributed by atoms with E-state index in [9.17, 15) is 4.39 Å². The summed E-state index contributed by atoms with van der Waals surface area (Å²) in [7, 11) is 1.49. The molecule has 3 aromatic rings. The molecule has 4 rings (SSSR count). The van der Waals surface area contributed by atoms with Gasteiger partial charge in [-0.15, -0.1) is 5.10 Å². The van der Waals surface area contributed by atoms with Crippen LogP contribution in [-0.2, 0) is 0 Å². The van der Waals surface area contributed by atoms with Gasteiger partial charge in [-0.2, -0.15) is 4.98 Å². The number of rotatable bonds is 6. The Morgan fingerprint density at radius 1 is 1.27 bits per heavy atom. The molecular formula is C17H14FN5O2S. The summed E-state index contributed by atoms with van der Waals surface area (Å²) in [4.78, 5) is 12.6. The number of furan rings is 1. The van der Waals surface area contributed by atoms with E-state index in [4.69, 9.17) is 9.15 Å². The lowest BCUT2D eigenvalue weighted by molar-refractivity contribution is 0.411. The smallest absolute Gasteiger partial charge is 0.209 e. The Labute approximate surface area is 152 Å². The third kappa shape index (κ3) is 3.52. The minimum absolute atomic E-state index is 0.394. The Kier molecular flexibility index (Phi) is 4.53.